The third-order valence-corrected chi connectivity index (χ3v) is 3.63. The summed E-state index contributed by atoms with van der Waals surface area (Å²) in [5.41, 5.74) is 0. The van der Waals surface area contributed by atoms with Crippen LogP contribution in [0.4, 0.5) is 8.78 Å². The van der Waals surface area contributed by atoms with Gasteiger partial charge in [-0.15, -0.1) is 22.7 Å². The lowest BCUT2D eigenvalue weighted by molar-refractivity contribution is 0.0702. The molecule has 0 aromatic carbocycles. The van der Waals surface area contributed by atoms with Crippen molar-refractivity contribution >= 4 is 38.0 Å². The maximum absolute atomic E-state index is 12.9. The molecular formula is C7H2F2O2S2. The quantitative estimate of drug-likeness (QED) is 0.802. The van der Waals surface area contributed by atoms with Gasteiger partial charge in [0.2, 0.25) is 5.13 Å². The summed E-state index contributed by atoms with van der Waals surface area (Å²) in [7, 11) is 0. The lowest BCUT2D eigenvalue weighted by atomic mass is 10.4. The van der Waals surface area contributed by atoms with E-state index in [0.717, 1.165) is 11.3 Å². The first kappa shape index (κ1) is 8.58. The van der Waals surface area contributed by atoms with Crippen molar-refractivity contribution in [3.05, 3.63) is 21.9 Å². The van der Waals surface area contributed by atoms with E-state index in [2.05, 4.69) is 0 Å². The third kappa shape index (κ3) is 1.22. The fourth-order valence-corrected chi connectivity index (χ4v) is 2.89. The number of carbonyl (C=O) groups is 1. The topological polar surface area (TPSA) is 37.3 Å². The van der Waals surface area contributed by atoms with Crippen LogP contribution in [0.3, 0.4) is 0 Å². The number of carboxylic acid groups (broad SMARTS) is 1. The lowest BCUT2D eigenvalue weighted by Crippen LogP contribution is -1.89. The van der Waals surface area contributed by atoms with Gasteiger partial charge < -0.3 is 5.11 Å². The first-order valence-corrected chi connectivity index (χ1v) is 4.83. The van der Waals surface area contributed by atoms with E-state index < -0.39 is 16.9 Å². The van der Waals surface area contributed by atoms with Crippen LogP contribution in [0.5, 0.6) is 0 Å². The van der Waals surface area contributed by atoms with E-state index in [-0.39, 0.29) is 9.58 Å². The number of rotatable bonds is 1. The predicted octanol–water partition coefficient (Wildman–Crippen LogP) is 2.94. The highest BCUT2D eigenvalue weighted by Gasteiger charge is 2.17. The van der Waals surface area contributed by atoms with Crippen LogP contribution < -0.4 is 0 Å². The van der Waals surface area contributed by atoms with Crippen LogP contribution in [-0.2, 0) is 0 Å². The summed E-state index contributed by atoms with van der Waals surface area (Å²) in [6.07, 6.45) is 0. The molecule has 0 aliphatic carbocycles. The van der Waals surface area contributed by atoms with Gasteiger partial charge in [0.1, 0.15) is 4.88 Å². The number of fused-ring (bicyclic) bond motifs is 1. The Labute approximate surface area is 79.0 Å². The van der Waals surface area contributed by atoms with Crippen LogP contribution in [0.15, 0.2) is 6.07 Å². The fourth-order valence-electron chi connectivity index (χ4n) is 0.939. The second-order valence-electron chi connectivity index (χ2n) is 2.30. The van der Waals surface area contributed by atoms with Gasteiger partial charge in [-0.05, 0) is 6.07 Å². The van der Waals surface area contributed by atoms with Crippen LogP contribution in [-0.4, -0.2) is 11.1 Å². The summed E-state index contributed by atoms with van der Waals surface area (Å²) in [5.74, 6) is -2.06. The van der Waals surface area contributed by atoms with E-state index in [4.69, 9.17) is 5.11 Å². The highest BCUT2D eigenvalue weighted by Crippen LogP contribution is 2.35. The molecule has 68 valence electrons. The van der Waals surface area contributed by atoms with Crippen molar-refractivity contribution in [3.63, 3.8) is 0 Å². The summed E-state index contributed by atoms with van der Waals surface area (Å²) < 4.78 is 25.9. The second-order valence-corrected chi connectivity index (χ2v) is 4.35. The molecule has 0 atom stereocenters. The molecule has 0 radical (unpaired) electrons. The molecule has 0 saturated heterocycles. The number of carboxylic acids is 1. The molecule has 2 aromatic rings. The van der Waals surface area contributed by atoms with Crippen molar-refractivity contribution in [1.29, 1.82) is 0 Å². The van der Waals surface area contributed by atoms with E-state index in [1.54, 1.807) is 0 Å². The SMILES string of the molecule is O=C(O)c1cc2sc(F)c(F)c2s1. The molecule has 2 aromatic heterocycles. The largest absolute Gasteiger partial charge is 0.477 e. The average molecular weight is 220 g/mol. The summed E-state index contributed by atoms with van der Waals surface area (Å²) in [4.78, 5) is 10.5. The Bertz CT molecular complexity index is 486. The van der Waals surface area contributed by atoms with Crippen molar-refractivity contribution in [3.8, 4) is 0 Å². The maximum Gasteiger partial charge on any atom is 0.345 e. The monoisotopic (exact) mass is 220 g/mol. The fraction of sp³-hybridized carbons (Fsp3) is 0. The number of hydrogen-bond donors (Lipinski definition) is 1. The van der Waals surface area contributed by atoms with Crippen molar-refractivity contribution in [2.75, 3.05) is 0 Å². The van der Waals surface area contributed by atoms with Crippen LogP contribution in [0.25, 0.3) is 9.40 Å². The Morgan fingerprint density at radius 2 is 2.08 bits per heavy atom. The molecule has 2 heterocycles. The number of halogens is 2. The van der Waals surface area contributed by atoms with Gasteiger partial charge >= 0.3 is 5.97 Å². The van der Waals surface area contributed by atoms with Gasteiger partial charge in [0.15, 0.2) is 5.82 Å². The zero-order valence-corrected chi connectivity index (χ0v) is 7.64. The maximum atomic E-state index is 12.9. The summed E-state index contributed by atoms with van der Waals surface area (Å²) in [5, 5.41) is 7.67. The number of hydrogen-bond acceptors (Lipinski definition) is 3. The van der Waals surface area contributed by atoms with E-state index in [0.29, 0.717) is 16.0 Å². The number of aromatic carboxylic acids is 1. The Morgan fingerprint density at radius 3 is 2.62 bits per heavy atom. The zero-order chi connectivity index (χ0) is 9.59. The van der Waals surface area contributed by atoms with Gasteiger partial charge in [-0.1, -0.05) is 0 Å². The summed E-state index contributed by atoms with van der Waals surface area (Å²) >= 11 is 1.37. The summed E-state index contributed by atoms with van der Waals surface area (Å²) in [6, 6.07) is 1.28. The van der Waals surface area contributed by atoms with Crippen molar-refractivity contribution in [2.24, 2.45) is 0 Å². The van der Waals surface area contributed by atoms with Crippen LogP contribution in [0.1, 0.15) is 9.67 Å². The van der Waals surface area contributed by atoms with Crippen LogP contribution >= 0.6 is 22.7 Å². The van der Waals surface area contributed by atoms with Gasteiger partial charge in [0, 0.05) is 0 Å². The minimum atomic E-state index is -1.12. The molecule has 0 fully saturated rings. The Hall–Kier alpha value is -1.01. The molecule has 0 aliphatic rings. The standard InChI is InChI=1S/C7H2F2O2S2/c8-4-5-2(13-6(4)9)1-3(12-5)7(10)11/h1H,(H,10,11). The van der Waals surface area contributed by atoms with Gasteiger partial charge in [-0.3, -0.25) is 0 Å². The van der Waals surface area contributed by atoms with Crippen molar-refractivity contribution in [2.45, 2.75) is 0 Å². The molecule has 0 saturated carbocycles. The smallest absolute Gasteiger partial charge is 0.345 e. The van der Waals surface area contributed by atoms with Gasteiger partial charge in [-0.2, -0.15) is 4.39 Å². The highest BCUT2D eigenvalue weighted by atomic mass is 32.1. The van der Waals surface area contributed by atoms with E-state index >= 15 is 0 Å². The molecule has 2 nitrogen and oxygen atoms in total. The Morgan fingerprint density at radius 1 is 1.38 bits per heavy atom. The molecule has 0 aliphatic heterocycles. The highest BCUT2D eigenvalue weighted by molar-refractivity contribution is 7.28. The molecule has 1 N–H and O–H groups in total. The average Bonchev–Trinajstić information content (AvgIpc) is 2.55. The molecule has 0 spiro atoms. The van der Waals surface area contributed by atoms with Crippen molar-refractivity contribution < 1.29 is 18.7 Å². The minimum Gasteiger partial charge on any atom is -0.477 e. The molecule has 2 rings (SSSR count). The Balaban J connectivity index is 2.72. The van der Waals surface area contributed by atoms with Gasteiger partial charge in [0.25, 0.3) is 0 Å². The minimum absolute atomic E-state index is 0.0279. The second kappa shape index (κ2) is 2.74. The molecule has 0 unspecified atom stereocenters. The third-order valence-electron chi connectivity index (χ3n) is 1.48. The normalized spacial score (nSPS) is 10.9. The van der Waals surface area contributed by atoms with Crippen molar-refractivity contribution in [1.82, 2.24) is 0 Å². The molecule has 0 amide bonds. The van der Waals surface area contributed by atoms with E-state index in [1.165, 1.54) is 6.07 Å². The number of thiophene rings is 2. The first-order chi connectivity index (χ1) is 6.09. The molecule has 6 heteroatoms. The first-order valence-electron chi connectivity index (χ1n) is 3.20. The van der Waals surface area contributed by atoms with Gasteiger partial charge in [-0.25, -0.2) is 9.18 Å². The zero-order valence-electron chi connectivity index (χ0n) is 6.01. The van der Waals surface area contributed by atoms with Crippen LogP contribution in [0.2, 0.25) is 0 Å². The van der Waals surface area contributed by atoms with Gasteiger partial charge in [0.05, 0.1) is 9.40 Å². The van der Waals surface area contributed by atoms with E-state index in [1.807, 2.05) is 0 Å². The van der Waals surface area contributed by atoms with Crippen LogP contribution in [0, 0.1) is 10.9 Å². The Kier molecular flexibility index (Phi) is 1.81. The lowest BCUT2D eigenvalue weighted by Gasteiger charge is -1.82. The van der Waals surface area contributed by atoms with E-state index in [9.17, 15) is 13.6 Å². The molecule has 13 heavy (non-hydrogen) atoms. The predicted molar refractivity (Wildman–Crippen MR) is 46.6 cm³/mol. The summed E-state index contributed by atoms with van der Waals surface area (Å²) in [6.45, 7) is 0. The molecular weight excluding hydrogens is 218 g/mol. The molecule has 0 bridgehead atoms.